The van der Waals surface area contributed by atoms with Gasteiger partial charge in [-0.05, 0) is 31.9 Å². The van der Waals surface area contributed by atoms with Gasteiger partial charge in [-0.3, -0.25) is 0 Å². The predicted molar refractivity (Wildman–Crippen MR) is 120 cm³/mol. The molecular weight excluding hydrogens is 485 g/mol. The molecule has 3 rings (SSSR count). The van der Waals surface area contributed by atoms with Gasteiger partial charge in [0.1, 0.15) is 34.9 Å². The van der Waals surface area contributed by atoms with Crippen LogP contribution in [0.3, 0.4) is 0 Å². The third-order valence-electron chi connectivity index (χ3n) is 4.96. The summed E-state index contributed by atoms with van der Waals surface area (Å²) in [4.78, 5) is 9.04. The predicted octanol–water partition coefficient (Wildman–Crippen LogP) is 5.84. The molecule has 0 fully saturated rings. The number of ether oxygens (including phenoxy) is 1. The fourth-order valence-electron chi connectivity index (χ4n) is 3.38. The molecule has 6 nitrogen and oxygen atoms in total. The van der Waals surface area contributed by atoms with Gasteiger partial charge in [0.25, 0.3) is 5.78 Å². The third-order valence-corrected chi connectivity index (χ3v) is 5.50. The number of anilines is 1. The summed E-state index contributed by atoms with van der Waals surface area (Å²) in [5, 5.41) is 3.81. The zero-order valence-electron chi connectivity index (χ0n) is 17.8. The van der Waals surface area contributed by atoms with E-state index in [1.807, 2.05) is 0 Å². The zero-order chi connectivity index (χ0) is 24.3. The average molecular weight is 506 g/mol. The number of hydrogen-bond donors (Lipinski definition) is 0. The van der Waals surface area contributed by atoms with E-state index in [0.717, 1.165) is 28.7 Å². The summed E-state index contributed by atoms with van der Waals surface area (Å²) >= 11 is 12.1. The number of nitrogens with zero attached hydrogens (tertiary/aromatic N) is 5. The highest BCUT2D eigenvalue weighted by Gasteiger charge is 2.42. The summed E-state index contributed by atoms with van der Waals surface area (Å²) in [5.74, 6) is -0.221. The van der Waals surface area contributed by atoms with Crippen LogP contribution in [-0.4, -0.2) is 50.8 Å². The second-order valence-corrected chi connectivity index (χ2v) is 7.96. The summed E-state index contributed by atoms with van der Waals surface area (Å²) < 4.78 is 63.3. The van der Waals surface area contributed by atoms with Gasteiger partial charge in [-0.1, -0.05) is 17.7 Å². The number of hydrogen-bond acceptors (Lipinski definition) is 5. The largest absolute Gasteiger partial charge is 0.493 e. The Kier molecular flexibility index (Phi) is 7.69. The van der Waals surface area contributed by atoms with Crippen LogP contribution in [0.4, 0.5) is 23.4 Å². The number of rotatable bonds is 9. The van der Waals surface area contributed by atoms with E-state index in [1.165, 1.54) is 6.08 Å². The highest BCUT2D eigenvalue weighted by molar-refractivity contribution is 6.33. The average Bonchev–Trinajstić information content (AvgIpc) is 3.19. The Hall–Kier alpha value is -2.59. The second-order valence-electron chi connectivity index (χ2n) is 7.22. The topological polar surface area (TPSA) is 55.5 Å². The van der Waals surface area contributed by atoms with Crippen LogP contribution < -0.4 is 9.64 Å². The smallest absolute Gasteiger partial charge is 0.408 e. The van der Waals surface area contributed by atoms with Gasteiger partial charge < -0.3 is 9.64 Å². The summed E-state index contributed by atoms with van der Waals surface area (Å²) in [7, 11) is 0. The van der Waals surface area contributed by atoms with Crippen molar-refractivity contribution in [2.75, 3.05) is 23.9 Å². The van der Waals surface area contributed by atoms with E-state index in [1.54, 1.807) is 13.0 Å². The van der Waals surface area contributed by atoms with E-state index in [0.29, 0.717) is 17.9 Å². The van der Waals surface area contributed by atoms with Crippen molar-refractivity contribution >= 4 is 34.8 Å². The van der Waals surface area contributed by atoms with E-state index in [2.05, 4.69) is 21.6 Å². The van der Waals surface area contributed by atoms with Gasteiger partial charge in [0, 0.05) is 24.1 Å². The molecule has 1 aromatic carbocycles. The molecule has 0 saturated heterocycles. The van der Waals surface area contributed by atoms with Crippen molar-refractivity contribution in [2.45, 2.75) is 32.5 Å². The van der Waals surface area contributed by atoms with E-state index in [-0.39, 0.29) is 46.8 Å². The number of alkyl halides is 4. The van der Waals surface area contributed by atoms with Crippen LogP contribution in [0.25, 0.3) is 16.9 Å². The molecule has 3 aromatic rings. The molecule has 2 heterocycles. The molecule has 33 heavy (non-hydrogen) atoms. The van der Waals surface area contributed by atoms with Crippen molar-refractivity contribution in [3.05, 3.63) is 47.6 Å². The van der Waals surface area contributed by atoms with E-state index < -0.39 is 18.0 Å². The van der Waals surface area contributed by atoms with Crippen molar-refractivity contribution in [2.24, 2.45) is 0 Å². The number of fused-ring (bicyclic) bond motifs is 1. The van der Waals surface area contributed by atoms with Gasteiger partial charge in [-0.25, -0.2) is 4.39 Å². The molecule has 0 aliphatic heterocycles. The van der Waals surface area contributed by atoms with Crippen LogP contribution in [0.5, 0.6) is 5.75 Å². The standard InChI is InChI=1S/C21H21Cl2F4N5O/c1-4-7-31(13(3)21(25,26)27)19-17(18(23)30-20-28-11-29-32(19)20)16-12(2)9-14(10-15(16)24)33-8-5-6-22/h4,9-11,13H,1,5-8H2,2-3H3/t13-/m0/s1. The first kappa shape index (κ1) is 25.0. The van der Waals surface area contributed by atoms with Crippen LogP contribution >= 0.6 is 23.2 Å². The minimum Gasteiger partial charge on any atom is -0.493 e. The lowest BCUT2D eigenvalue weighted by molar-refractivity contribution is -0.144. The van der Waals surface area contributed by atoms with Crippen LogP contribution in [0, 0.1) is 12.7 Å². The molecular formula is C21H21Cl2F4N5O. The fourth-order valence-corrected chi connectivity index (χ4v) is 3.75. The molecule has 0 N–H and O–H groups in total. The maximum absolute atomic E-state index is 15.4. The Labute approximate surface area is 197 Å². The number of aryl methyl sites for hydroxylation is 1. The molecule has 0 radical (unpaired) electrons. The van der Waals surface area contributed by atoms with Crippen molar-refractivity contribution in [1.29, 1.82) is 0 Å². The van der Waals surface area contributed by atoms with E-state index in [4.69, 9.17) is 27.9 Å². The Morgan fingerprint density at radius 3 is 2.64 bits per heavy atom. The molecule has 0 amide bonds. The first-order chi connectivity index (χ1) is 15.6. The fraction of sp³-hybridized carbons (Fsp3) is 0.381. The van der Waals surface area contributed by atoms with Crippen LogP contribution in [0.2, 0.25) is 5.15 Å². The van der Waals surface area contributed by atoms with Crippen LogP contribution in [0.15, 0.2) is 31.1 Å². The van der Waals surface area contributed by atoms with Crippen molar-refractivity contribution in [3.63, 3.8) is 0 Å². The highest BCUT2D eigenvalue weighted by atomic mass is 35.5. The first-order valence-electron chi connectivity index (χ1n) is 9.92. The molecule has 0 unspecified atom stereocenters. The van der Waals surface area contributed by atoms with Crippen molar-refractivity contribution in [1.82, 2.24) is 19.6 Å². The Morgan fingerprint density at radius 1 is 1.30 bits per heavy atom. The molecule has 0 spiro atoms. The molecule has 178 valence electrons. The van der Waals surface area contributed by atoms with Gasteiger partial charge in [0.05, 0.1) is 12.2 Å². The minimum atomic E-state index is -4.60. The Morgan fingerprint density at radius 2 is 2.03 bits per heavy atom. The second kappa shape index (κ2) is 10.1. The monoisotopic (exact) mass is 505 g/mol. The molecule has 0 saturated carbocycles. The summed E-state index contributed by atoms with van der Waals surface area (Å²) in [6.07, 6.45) is -1.59. The van der Waals surface area contributed by atoms with Crippen molar-refractivity contribution in [3.8, 4) is 16.9 Å². The number of benzene rings is 1. The Balaban J connectivity index is 2.28. The van der Waals surface area contributed by atoms with Crippen LogP contribution in [0.1, 0.15) is 18.9 Å². The molecule has 0 aliphatic rings. The zero-order valence-corrected chi connectivity index (χ0v) is 19.3. The van der Waals surface area contributed by atoms with Crippen LogP contribution in [-0.2, 0) is 0 Å². The molecule has 0 bridgehead atoms. The first-order valence-corrected chi connectivity index (χ1v) is 10.8. The molecule has 12 heteroatoms. The van der Waals surface area contributed by atoms with E-state index >= 15 is 4.39 Å². The quantitative estimate of drug-likeness (QED) is 0.120. The number of halogens is 6. The normalized spacial score (nSPS) is 12.7. The van der Waals surface area contributed by atoms with Gasteiger partial charge in [0.15, 0.2) is 0 Å². The SMILES string of the molecule is C=CCN(c1c(-c2c(C)cc(OCCCCl)cc2F)c(Cl)nc2ncnn12)[C@@H](C)C(F)(F)F. The third kappa shape index (κ3) is 5.16. The van der Waals surface area contributed by atoms with Gasteiger partial charge >= 0.3 is 6.18 Å². The molecule has 1 atom stereocenters. The number of aromatic nitrogens is 4. The summed E-state index contributed by atoms with van der Waals surface area (Å²) in [5.41, 5.74) is 0.321. The Bertz CT molecular complexity index is 1130. The molecule has 0 aliphatic carbocycles. The lowest BCUT2D eigenvalue weighted by Crippen LogP contribution is -2.45. The maximum Gasteiger partial charge on any atom is 0.408 e. The van der Waals surface area contributed by atoms with Gasteiger partial charge in [-0.15, -0.1) is 18.2 Å². The highest BCUT2D eigenvalue weighted by Crippen LogP contribution is 2.42. The van der Waals surface area contributed by atoms with Crippen molar-refractivity contribution < 1.29 is 22.3 Å². The maximum atomic E-state index is 15.4. The minimum absolute atomic E-state index is 0.0203. The molecule has 2 aromatic heterocycles. The van der Waals surface area contributed by atoms with E-state index in [9.17, 15) is 13.2 Å². The van der Waals surface area contributed by atoms with Gasteiger partial charge in [-0.2, -0.15) is 32.8 Å². The summed E-state index contributed by atoms with van der Waals surface area (Å²) in [6, 6.07) is 0.748. The summed E-state index contributed by atoms with van der Waals surface area (Å²) in [6.45, 7) is 6.22. The van der Waals surface area contributed by atoms with Gasteiger partial charge in [0.2, 0.25) is 0 Å². The lowest BCUT2D eigenvalue weighted by Gasteiger charge is -2.33. The lowest BCUT2D eigenvalue weighted by atomic mass is 10.00.